The predicted octanol–water partition coefficient (Wildman–Crippen LogP) is 3.22. The monoisotopic (exact) mass is 308 g/mol. The number of piperidine rings is 1. The molecule has 23 heavy (non-hydrogen) atoms. The lowest BCUT2D eigenvalue weighted by Gasteiger charge is -2.21. The summed E-state index contributed by atoms with van der Waals surface area (Å²) in [6.45, 7) is 5.45. The molecule has 3 heterocycles. The summed E-state index contributed by atoms with van der Waals surface area (Å²) in [5.74, 6) is 3.80. The van der Waals surface area contributed by atoms with E-state index in [1.165, 1.54) is 55.1 Å². The van der Waals surface area contributed by atoms with Crippen LogP contribution in [-0.4, -0.2) is 27.9 Å². The molecule has 0 spiro atoms. The second-order valence-corrected chi connectivity index (χ2v) is 7.51. The summed E-state index contributed by atoms with van der Waals surface area (Å²) in [6.07, 6.45) is 7.14. The van der Waals surface area contributed by atoms with Crippen molar-refractivity contribution in [2.24, 2.45) is 11.8 Å². The van der Waals surface area contributed by atoms with Crippen molar-refractivity contribution < 1.29 is 0 Å². The van der Waals surface area contributed by atoms with Crippen LogP contribution in [0.25, 0.3) is 0 Å². The van der Waals surface area contributed by atoms with Crippen molar-refractivity contribution in [3.63, 3.8) is 0 Å². The summed E-state index contributed by atoms with van der Waals surface area (Å²) in [5.41, 5.74) is 3.85. The molecular formula is C19H24N4. The second kappa shape index (κ2) is 5.08. The largest absolute Gasteiger partial charge is 0.356 e. The van der Waals surface area contributed by atoms with Crippen LogP contribution in [0.3, 0.4) is 0 Å². The van der Waals surface area contributed by atoms with Crippen LogP contribution >= 0.6 is 0 Å². The van der Waals surface area contributed by atoms with E-state index in [1.807, 2.05) is 0 Å². The van der Waals surface area contributed by atoms with Gasteiger partial charge >= 0.3 is 0 Å². The molecule has 0 amide bonds. The van der Waals surface area contributed by atoms with E-state index in [0.717, 1.165) is 24.8 Å². The zero-order chi connectivity index (χ0) is 15.4. The standard InChI is InChI=1S/C19H24N4/c1-2-17-7-8-23(21-17)12-14-5-6-18(20-19(14)13-3-4-13)22-10-15-9-16(15)11-22/h5-8,13,15-16H,2-4,9-12H2,1H3. The minimum atomic E-state index is 0.684. The lowest BCUT2D eigenvalue weighted by atomic mass is 10.1. The van der Waals surface area contributed by atoms with Crippen LogP contribution < -0.4 is 4.90 Å². The first-order chi connectivity index (χ1) is 11.3. The number of pyridine rings is 1. The smallest absolute Gasteiger partial charge is 0.128 e. The van der Waals surface area contributed by atoms with Crippen molar-refractivity contribution in [3.8, 4) is 0 Å². The minimum absolute atomic E-state index is 0.684. The molecule has 4 nitrogen and oxygen atoms in total. The van der Waals surface area contributed by atoms with Gasteiger partial charge in [0.25, 0.3) is 0 Å². The fourth-order valence-corrected chi connectivity index (χ4v) is 3.95. The van der Waals surface area contributed by atoms with Gasteiger partial charge in [0, 0.05) is 25.2 Å². The first-order valence-corrected chi connectivity index (χ1v) is 9.07. The van der Waals surface area contributed by atoms with Crippen molar-refractivity contribution in [3.05, 3.63) is 41.3 Å². The molecule has 2 aliphatic carbocycles. The van der Waals surface area contributed by atoms with Crippen molar-refractivity contribution >= 4 is 5.82 Å². The maximum atomic E-state index is 5.08. The van der Waals surface area contributed by atoms with E-state index < -0.39 is 0 Å². The number of aromatic nitrogens is 3. The molecule has 120 valence electrons. The molecule has 0 bridgehead atoms. The van der Waals surface area contributed by atoms with Crippen LogP contribution in [0.4, 0.5) is 5.82 Å². The van der Waals surface area contributed by atoms with Crippen LogP contribution in [0.1, 0.15) is 49.1 Å². The summed E-state index contributed by atoms with van der Waals surface area (Å²) >= 11 is 0. The summed E-state index contributed by atoms with van der Waals surface area (Å²) in [6, 6.07) is 6.65. The fraction of sp³-hybridized carbons (Fsp3) is 0.579. The fourth-order valence-electron chi connectivity index (χ4n) is 3.95. The number of fused-ring (bicyclic) bond motifs is 1. The van der Waals surface area contributed by atoms with E-state index in [0.29, 0.717) is 5.92 Å². The molecule has 0 aromatic carbocycles. The van der Waals surface area contributed by atoms with Gasteiger partial charge in [-0.3, -0.25) is 4.68 Å². The van der Waals surface area contributed by atoms with Crippen molar-refractivity contribution in [2.45, 2.75) is 45.1 Å². The van der Waals surface area contributed by atoms with Crippen molar-refractivity contribution in [1.82, 2.24) is 14.8 Å². The molecule has 2 aromatic heterocycles. The normalized spacial score (nSPS) is 25.7. The molecule has 3 fully saturated rings. The Bertz CT molecular complexity index is 721. The van der Waals surface area contributed by atoms with Gasteiger partial charge in [0.1, 0.15) is 5.82 Å². The Morgan fingerprint density at radius 3 is 2.65 bits per heavy atom. The highest BCUT2D eigenvalue weighted by Gasteiger charge is 2.45. The molecule has 0 radical (unpaired) electrons. The van der Waals surface area contributed by atoms with Gasteiger partial charge in [-0.1, -0.05) is 13.0 Å². The van der Waals surface area contributed by atoms with Gasteiger partial charge in [-0.2, -0.15) is 5.10 Å². The lowest BCUT2D eigenvalue weighted by molar-refractivity contribution is 0.664. The molecule has 2 aromatic rings. The van der Waals surface area contributed by atoms with Gasteiger partial charge in [0.2, 0.25) is 0 Å². The molecule has 1 aliphatic heterocycles. The number of hydrogen-bond donors (Lipinski definition) is 0. The van der Waals surface area contributed by atoms with Gasteiger partial charge in [0.15, 0.2) is 0 Å². The first-order valence-electron chi connectivity index (χ1n) is 9.07. The van der Waals surface area contributed by atoms with Gasteiger partial charge in [-0.15, -0.1) is 0 Å². The molecular weight excluding hydrogens is 284 g/mol. The van der Waals surface area contributed by atoms with Gasteiger partial charge in [-0.25, -0.2) is 4.98 Å². The van der Waals surface area contributed by atoms with Crippen LogP contribution in [-0.2, 0) is 13.0 Å². The van der Waals surface area contributed by atoms with E-state index in [1.54, 1.807) is 0 Å². The average Bonchev–Trinajstić information content (AvgIpc) is 3.47. The third kappa shape index (κ3) is 2.54. The second-order valence-electron chi connectivity index (χ2n) is 7.51. The number of rotatable bonds is 5. The average molecular weight is 308 g/mol. The van der Waals surface area contributed by atoms with E-state index in [-0.39, 0.29) is 0 Å². The Hall–Kier alpha value is -1.84. The third-order valence-electron chi connectivity index (χ3n) is 5.65. The van der Waals surface area contributed by atoms with E-state index in [9.17, 15) is 0 Å². The zero-order valence-electron chi connectivity index (χ0n) is 13.8. The summed E-state index contributed by atoms with van der Waals surface area (Å²) in [4.78, 5) is 7.58. The molecule has 3 aliphatic rings. The SMILES string of the molecule is CCc1ccn(Cc2ccc(N3CC4CC4C3)nc2C2CC2)n1. The topological polar surface area (TPSA) is 34.0 Å². The highest BCUT2D eigenvalue weighted by atomic mass is 15.3. The molecule has 2 atom stereocenters. The Morgan fingerprint density at radius 2 is 1.96 bits per heavy atom. The minimum Gasteiger partial charge on any atom is -0.356 e. The predicted molar refractivity (Wildman–Crippen MR) is 90.7 cm³/mol. The summed E-state index contributed by atoms with van der Waals surface area (Å²) in [5, 5.41) is 4.64. The van der Waals surface area contributed by atoms with Crippen LogP contribution in [0.5, 0.6) is 0 Å². The maximum absolute atomic E-state index is 5.08. The Kier molecular flexibility index (Phi) is 3.00. The first kappa shape index (κ1) is 13.6. The zero-order valence-corrected chi connectivity index (χ0v) is 13.8. The third-order valence-corrected chi connectivity index (χ3v) is 5.65. The van der Waals surface area contributed by atoms with Crippen molar-refractivity contribution in [2.75, 3.05) is 18.0 Å². The molecule has 1 saturated heterocycles. The maximum Gasteiger partial charge on any atom is 0.128 e. The van der Waals surface area contributed by atoms with Crippen LogP contribution in [0, 0.1) is 11.8 Å². The highest BCUT2D eigenvalue weighted by Crippen LogP contribution is 2.47. The van der Waals surface area contributed by atoms with E-state index >= 15 is 0 Å². The quantitative estimate of drug-likeness (QED) is 0.850. The van der Waals surface area contributed by atoms with Gasteiger partial charge < -0.3 is 4.90 Å². The summed E-state index contributed by atoms with van der Waals surface area (Å²) in [7, 11) is 0. The number of anilines is 1. The van der Waals surface area contributed by atoms with E-state index in [2.05, 4.69) is 46.0 Å². The van der Waals surface area contributed by atoms with Crippen LogP contribution in [0.2, 0.25) is 0 Å². The number of aryl methyl sites for hydroxylation is 1. The Balaban J connectivity index is 1.41. The molecule has 5 rings (SSSR count). The lowest BCUT2D eigenvalue weighted by Crippen LogP contribution is -2.23. The van der Waals surface area contributed by atoms with Gasteiger partial charge in [0.05, 0.1) is 17.9 Å². The van der Waals surface area contributed by atoms with E-state index in [4.69, 9.17) is 4.98 Å². The number of hydrogen-bond acceptors (Lipinski definition) is 3. The molecule has 2 unspecified atom stereocenters. The Labute approximate surface area is 137 Å². The van der Waals surface area contributed by atoms with Gasteiger partial charge in [-0.05, 0) is 55.2 Å². The molecule has 4 heteroatoms. The highest BCUT2D eigenvalue weighted by molar-refractivity contribution is 5.46. The van der Waals surface area contributed by atoms with Crippen LogP contribution in [0.15, 0.2) is 24.4 Å². The molecule has 0 N–H and O–H groups in total. The Morgan fingerprint density at radius 1 is 1.13 bits per heavy atom. The molecule has 2 saturated carbocycles. The number of nitrogens with zero attached hydrogens (tertiary/aromatic N) is 4. The van der Waals surface area contributed by atoms with Crippen molar-refractivity contribution in [1.29, 1.82) is 0 Å². The summed E-state index contributed by atoms with van der Waals surface area (Å²) < 4.78 is 2.06.